The first-order chi connectivity index (χ1) is 12.6. The van der Waals surface area contributed by atoms with Crippen LogP contribution in [0.25, 0.3) is 10.9 Å². The van der Waals surface area contributed by atoms with Crippen LogP contribution < -0.4 is 25.8 Å². The zero-order valence-electron chi connectivity index (χ0n) is 14.8. The molecule has 10 heteroatoms. The molecule has 1 aromatic carbocycles. The Bertz CT molecular complexity index is 917. The van der Waals surface area contributed by atoms with E-state index in [1.165, 1.54) is 6.26 Å². The van der Waals surface area contributed by atoms with Crippen LogP contribution in [-0.4, -0.2) is 43.2 Å². The second-order valence-corrected chi connectivity index (χ2v) is 5.32. The Morgan fingerprint density at radius 3 is 2.59 bits per heavy atom. The predicted octanol–water partition coefficient (Wildman–Crippen LogP) is 2.09. The number of fused-ring (bicyclic) bond motifs is 1. The number of hydrogen-bond donors (Lipinski definition) is 3. The number of rotatable bonds is 7. The lowest BCUT2D eigenvalue weighted by Crippen LogP contribution is -2.28. The van der Waals surface area contributed by atoms with Gasteiger partial charge in [0.05, 0.1) is 26.0 Å². The van der Waals surface area contributed by atoms with E-state index in [-0.39, 0.29) is 24.1 Å². The van der Waals surface area contributed by atoms with Gasteiger partial charge in [-0.15, -0.1) is 12.4 Å². The van der Waals surface area contributed by atoms with Gasteiger partial charge in [-0.25, -0.2) is 4.98 Å². The predicted molar refractivity (Wildman–Crippen MR) is 104 cm³/mol. The first-order valence-corrected chi connectivity index (χ1v) is 7.87. The van der Waals surface area contributed by atoms with Gasteiger partial charge in [-0.2, -0.15) is 4.98 Å². The molecule has 4 N–H and O–H groups in total. The van der Waals surface area contributed by atoms with Gasteiger partial charge in [0, 0.05) is 24.5 Å². The number of amides is 1. The first kappa shape index (κ1) is 20.1. The molecule has 0 aliphatic heterocycles. The normalized spacial score (nSPS) is 10.1. The standard InChI is InChI=1S/C17H19N5O4.ClH/c1-24-13-8-10-11(9-14(13)25-2)21-17(22-15(10)18)20-6-5-19-16(23)12-4-3-7-26-12;/h3-4,7-9H,5-6H2,1-2H3,(H,19,23)(H3,18,20,21,22);1H. The van der Waals surface area contributed by atoms with Gasteiger partial charge in [-0.05, 0) is 18.2 Å². The van der Waals surface area contributed by atoms with Crippen molar-refractivity contribution in [3.8, 4) is 11.5 Å². The molecule has 0 radical (unpaired) electrons. The maximum Gasteiger partial charge on any atom is 0.287 e. The van der Waals surface area contributed by atoms with E-state index in [4.69, 9.17) is 19.6 Å². The fourth-order valence-electron chi connectivity index (χ4n) is 2.40. The van der Waals surface area contributed by atoms with Gasteiger partial charge in [0.1, 0.15) is 5.82 Å². The van der Waals surface area contributed by atoms with Gasteiger partial charge in [0.25, 0.3) is 5.91 Å². The van der Waals surface area contributed by atoms with Crippen molar-refractivity contribution in [2.75, 3.05) is 38.4 Å². The topological polar surface area (TPSA) is 125 Å². The van der Waals surface area contributed by atoms with Gasteiger partial charge >= 0.3 is 0 Å². The van der Waals surface area contributed by atoms with Crippen LogP contribution in [0.5, 0.6) is 11.5 Å². The zero-order chi connectivity index (χ0) is 18.5. The third-order valence-electron chi connectivity index (χ3n) is 3.67. The molecule has 2 heterocycles. The van der Waals surface area contributed by atoms with E-state index in [1.54, 1.807) is 38.5 Å². The summed E-state index contributed by atoms with van der Waals surface area (Å²) >= 11 is 0. The summed E-state index contributed by atoms with van der Waals surface area (Å²) in [6.45, 7) is 0.789. The minimum atomic E-state index is -0.285. The molecule has 0 saturated heterocycles. The fraction of sp³-hybridized carbons (Fsp3) is 0.235. The molecule has 2 aromatic heterocycles. The molecule has 1 amide bonds. The number of nitrogen functional groups attached to an aromatic ring is 1. The molecule has 0 aliphatic rings. The summed E-state index contributed by atoms with van der Waals surface area (Å²) in [5.41, 5.74) is 6.64. The molecule has 3 aromatic rings. The number of furan rings is 1. The average molecular weight is 394 g/mol. The van der Waals surface area contributed by atoms with Crippen molar-refractivity contribution in [3.05, 3.63) is 36.3 Å². The number of nitrogens with two attached hydrogens (primary N) is 1. The number of carbonyl (C=O) groups is 1. The molecule has 0 fully saturated rings. The highest BCUT2D eigenvalue weighted by atomic mass is 35.5. The second-order valence-electron chi connectivity index (χ2n) is 5.32. The molecule has 9 nitrogen and oxygen atoms in total. The van der Waals surface area contributed by atoms with Gasteiger partial charge in [-0.3, -0.25) is 4.79 Å². The first-order valence-electron chi connectivity index (χ1n) is 7.87. The summed E-state index contributed by atoms with van der Waals surface area (Å²) in [6, 6.07) is 6.71. The van der Waals surface area contributed by atoms with Crippen LogP contribution in [-0.2, 0) is 0 Å². The number of benzene rings is 1. The number of nitrogens with one attached hydrogen (secondary N) is 2. The molecule has 0 atom stereocenters. The van der Waals surface area contributed by atoms with E-state index in [9.17, 15) is 4.79 Å². The number of nitrogens with zero attached hydrogens (tertiary/aromatic N) is 2. The van der Waals surface area contributed by atoms with Crippen LogP contribution in [0, 0.1) is 0 Å². The highest BCUT2D eigenvalue weighted by Crippen LogP contribution is 2.33. The van der Waals surface area contributed by atoms with Crippen LogP contribution in [0.2, 0.25) is 0 Å². The summed E-state index contributed by atoms with van der Waals surface area (Å²) in [7, 11) is 3.10. The van der Waals surface area contributed by atoms with Gasteiger partial charge < -0.3 is 30.3 Å². The Morgan fingerprint density at radius 2 is 1.93 bits per heavy atom. The number of hydrogen-bond acceptors (Lipinski definition) is 8. The van der Waals surface area contributed by atoms with Crippen LogP contribution >= 0.6 is 12.4 Å². The van der Waals surface area contributed by atoms with Gasteiger partial charge in [0.2, 0.25) is 5.95 Å². The molecule has 0 unspecified atom stereocenters. The quantitative estimate of drug-likeness (QED) is 0.521. The third-order valence-corrected chi connectivity index (χ3v) is 3.67. The third kappa shape index (κ3) is 4.50. The Hall–Kier alpha value is -3.20. The van der Waals surface area contributed by atoms with E-state index in [1.807, 2.05) is 0 Å². The van der Waals surface area contributed by atoms with E-state index in [0.29, 0.717) is 47.3 Å². The summed E-state index contributed by atoms with van der Waals surface area (Å²) in [5, 5.41) is 6.41. The maximum atomic E-state index is 11.8. The molecule has 0 bridgehead atoms. The molecule has 3 rings (SSSR count). The number of aromatic nitrogens is 2. The highest BCUT2D eigenvalue weighted by molar-refractivity contribution is 5.92. The van der Waals surface area contributed by atoms with Crippen molar-refractivity contribution in [3.63, 3.8) is 0 Å². The lowest BCUT2D eigenvalue weighted by molar-refractivity contribution is 0.0927. The van der Waals surface area contributed by atoms with Gasteiger partial charge in [0.15, 0.2) is 17.3 Å². The van der Waals surface area contributed by atoms with Crippen molar-refractivity contribution in [2.24, 2.45) is 0 Å². The zero-order valence-corrected chi connectivity index (χ0v) is 15.6. The Kier molecular flexibility index (Phi) is 6.67. The minimum Gasteiger partial charge on any atom is -0.493 e. The highest BCUT2D eigenvalue weighted by Gasteiger charge is 2.12. The SMILES string of the molecule is COc1cc2nc(NCCNC(=O)c3ccco3)nc(N)c2cc1OC.Cl. The number of carbonyl (C=O) groups excluding carboxylic acids is 1. The summed E-state index contributed by atoms with van der Waals surface area (Å²) in [6.07, 6.45) is 1.45. The van der Waals surface area contributed by atoms with E-state index in [2.05, 4.69) is 20.6 Å². The molecule has 144 valence electrons. The summed E-state index contributed by atoms with van der Waals surface area (Å²) in [4.78, 5) is 20.4. The molecular weight excluding hydrogens is 374 g/mol. The molecule has 0 saturated carbocycles. The van der Waals surface area contributed by atoms with Crippen LogP contribution in [0.4, 0.5) is 11.8 Å². The van der Waals surface area contributed by atoms with Crippen LogP contribution in [0.3, 0.4) is 0 Å². The fourth-order valence-corrected chi connectivity index (χ4v) is 2.40. The van der Waals surface area contributed by atoms with Crippen LogP contribution in [0.15, 0.2) is 34.9 Å². The minimum absolute atomic E-state index is 0. The Morgan fingerprint density at radius 1 is 1.19 bits per heavy atom. The van der Waals surface area contributed by atoms with Crippen LogP contribution in [0.1, 0.15) is 10.6 Å². The van der Waals surface area contributed by atoms with E-state index in [0.717, 1.165) is 0 Å². The number of methoxy groups -OCH3 is 2. The summed E-state index contributed by atoms with van der Waals surface area (Å²) in [5.74, 6) is 1.75. The average Bonchev–Trinajstić information content (AvgIpc) is 3.19. The van der Waals surface area contributed by atoms with Gasteiger partial charge in [-0.1, -0.05) is 0 Å². The van der Waals surface area contributed by atoms with Crippen molar-refractivity contribution in [1.82, 2.24) is 15.3 Å². The molecule has 0 aliphatic carbocycles. The van der Waals surface area contributed by atoms with Crippen molar-refractivity contribution < 1.29 is 18.7 Å². The summed E-state index contributed by atoms with van der Waals surface area (Å²) < 4.78 is 15.6. The Balaban J connectivity index is 0.00000261. The lowest BCUT2D eigenvalue weighted by atomic mass is 10.2. The second kappa shape index (κ2) is 8.95. The Labute approximate surface area is 161 Å². The number of anilines is 2. The van der Waals surface area contributed by atoms with E-state index < -0.39 is 0 Å². The largest absolute Gasteiger partial charge is 0.493 e. The number of ether oxygens (including phenoxy) is 2. The van der Waals surface area contributed by atoms with Crippen molar-refractivity contribution >= 4 is 41.0 Å². The number of halogens is 1. The maximum absolute atomic E-state index is 11.8. The van der Waals surface area contributed by atoms with Crippen molar-refractivity contribution in [1.29, 1.82) is 0 Å². The lowest BCUT2D eigenvalue weighted by Gasteiger charge is -2.11. The molecular formula is C17H20ClN5O4. The monoisotopic (exact) mass is 393 g/mol. The van der Waals surface area contributed by atoms with Crippen molar-refractivity contribution in [2.45, 2.75) is 0 Å². The smallest absolute Gasteiger partial charge is 0.287 e. The molecule has 27 heavy (non-hydrogen) atoms. The molecule has 0 spiro atoms. The van der Waals surface area contributed by atoms with E-state index >= 15 is 0 Å².